The highest BCUT2D eigenvalue weighted by atomic mass is 32.2. The van der Waals surface area contributed by atoms with E-state index < -0.39 is 15.9 Å². The van der Waals surface area contributed by atoms with Gasteiger partial charge in [0.15, 0.2) is 0 Å². The highest BCUT2D eigenvalue weighted by Gasteiger charge is 2.13. The van der Waals surface area contributed by atoms with Crippen molar-refractivity contribution in [2.45, 2.75) is 18.4 Å². The molecule has 2 N–H and O–H groups in total. The number of hydrogen-bond donors (Lipinski definition) is 1. The quantitative estimate of drug-likeness (QED) is 0.855. The van der Waals surface area contributed by atoms with E-state index in [1.165, 1.54) is 29.1 Å². The first kappa shape index (κ1) is 14.9. The highest BCUT2D eigenvalue weighted by Crippen LogP contribution is 2.12. The number of primary amides is 1. The Balaban J connectivity index is 2.52. The number of sulfonamides is 1. The summed E-state index contributed by atoms with van der Waals surface area (Å²) in [6.45, 7) is 1.66. The van der Waals surface area contributed by atoms with Gasteiger partial charge < -0.3 is 10.3 Å². The molecule has 0 saturated heterocycles. The van der Waals surface area contributed by atoms with Gasteiger partial charge in [0.25, 0.3) is 10.0 Å². The largest absolute Gasteiger partial charge is 0.368 e. The van der Waals surface area contributed by atoms with Crippen molar-refractivity contribution < 1.29 is 13.2 Å². The van der Waals surface area contributed by atoms with Gasteiger partial charge in [-0.1, -0.05) is 17.7 Å². The van der Waals surface area contributed by atoms with E-state index in [2.05, 4.69) is 9.38 Å². The van der Waals surface area contributed by atoms with Gasteiger partial charge in [-0.2, -0.15) is 8.42 Å². The summed E-state index contributed by atoms with van der Waals surface area (Å²) < 4.78 is 29.4. The molecular weight excluding hydrogens is 292 g/mol. The number of rotatable bonds is 4. The second-order valence-electron chi connectivity index (χ2n) is 4.39. The standard InChI is InChI=1S/C13H14N4O3S/c1-10-3-5-11(6-4-10)21(19,20)16-13-15-7-2-8-17(13)9-12(14)18/h2-8H,9H2,1H3,(H2,14,18)/b16-13+. The summed E-state index contributed by atoms with van der Waals surface area (Å²) in [5.74, 6) is -0.614. The van der Waals surface area contributed by atoms with Crippen LogP contribution in [0.15, 0.2) is 52.0 Å². The second kappa shape index (κ2) is 5.88. The average molecular weight is 306 g/mol. The maximum atomic E-state index is 12.2. The third-order valence-electron chi connectivity index (χ3n) is 2.65. The van der Waals surface area contributed by atoms with Crippen molar-refractivity contribution in [3.8, 4) is 0 Å². The van der Waals surface area contributed by atoms with Gasteiger partial charge in [-0.25, -0.2) is 4.98 Å². The molecule has 1 aromatic heterocycles. The first-order valence-electron chi connectivity index (χ1n) is 6.06. The van der Waals surface area contributed by atoms with E-state index >= 15 is 0 Å². The molecule has 1 aromatic carbocycles. The molecule has 0 bridgehead atoms. The fourth-order valence-electron chi connectivity index (χ4n) is 1.63. The zero-order valence-corrected chi connectivity index (χ0v) is 12.1. The van der Waals surface area contributed by atoms with Crippen LogP contribution in [0.3, 0.4) is 0 Å². The van der Waals surface area contributed by atoms with Crippen LogP contribution in [-0.2, 0) is 21.4 Å². The van der Waals surface area contributed by atoms with Crippen LogP contribution in [0.2, 0.25) is 0 Å². The Bertz CT molecular complexity index is 823. The first-order chi connectivity index (χ1) is 9.88. The van der Waals surface area contributed by atoms with Crippen LogP contribution in [0.5, 0.6) is 0 Å². The van der Waals surface area contributed by atoms with Crippen LogP contribution in [0.1, 0.15) is 5.56 Å². The smallest absolute Gasteiger partial charge is 0.285 e. The molecule has 1 amide bonds. The Morgan fingerprint density at radius 2 is 2.00 bits per heavy atom. The number of nitrogens with two attached hydrogens (primary N) is 1. The van der Waals surface area contributed by atoms with Crippen molar-refractivity contribution in [1.82, 2.24) is 9.55 Å². The molecule has 2 aromatic rings. The molecule has 0 aliphatic heterocycles. The van der Waals surface area contributed by atoms with Gasteiger partial charge in [0.2, 0.25) is 11.5 Å². The van der Waals surface area contributed by atoms with Crippen molar-refractivity contribution in [3.63, 3.8) is 0 Å². The summed E-state index contributed by atoms with van der Waals surface area (Å²) in [5.41, 5.74) is 5.95. The van der Waals surface area contributed by atoms with Crippen molar-refractivity contribution in [2.75, 3.05) is 0 Å². The van der Waals surface area contributed by atoms with E-state index in [9.17, 15) is 13.2 Å². The van der Waals surface area contributed by atoms with Crippen LogP contribution >= 0.6 is 0 Å². The number of carbonyl (C=O) groups excluding carboxylic acids is 1. The Hall–Kier alpha value is -2.48. The summed E-state index contributed by atoms with van der Waals surface area (Å²) in [4.78, 5) is 14.9. The Labute approximate surface area is 121 Å². The average Bonchev–Trinajstić information content (AvgIpc) is 2.40. The van der Waals surface area contributed by atoms with Crippen LogP contribution in [0, 0.1) is 6.92 Å². The van der Waals surface area contributed by atoms with E-state index in [-0.39, 0.29) is 17.1 Å². The number of nitrogens with zero attached hydrogens (tertiary/aromatic N) is 3. The maximum Gasteiger partial charge on any atom is 0.285 e. The summed E-state index contributed by atoms with van der Waals surface area (Å²) in [5, 5.41) is 0. The van der Waals surface area contributed by atoms with Gasteiger partial charge in [0, 0.05) is 12.4 Å². The van der Waals surface area contributed by atoms with E-state index in [0.29, 0.717) is 0 Å². The maximum absolute atomic E-state index is 12.2. The van der Waals surface area contributed by atoms with E-state index in [1.807, 2.05) is 6.92 Å². The van der Waals surface area contributed by atoms with Crippen molar-refractivity contribution >= 4 is 15.9 Å². The monoisotopic (exact) mass is 306 g/mol. The van der Waals surface area contributed by atoms with E-state index in [4.69, 9.17) is 5.73 Å². The van der Waals surface area contributed by atoms with Crippen LogP contribution < -0.4 is 11.4 Å². The van der Waals surface area contributed by atoms with Gasteiger partial charge in [-0.05, 0) is 25.1 Å². The summed E-state index contributed by atoms with van der Waals surface area (Å²) in [6, 6.07) is 7.85. The molecule has 0 aliphatic rings. The summed E-state index contributed by atoms with van der Waals surface area (Å²) >= 11 is 0. The lowest BCUT2D eigenvalue weighted by molar-refractivity contribution is -0.118. The Morgan fingerprint density at radius 1 is 1.33 bits per heavy atom. The summed E-state index contributed by atoms with van der Waals surface area (Å²) in [7, 11) is -3.90. The highest BCUT2D eigenvalue weighted by molar-refractivity contribution is 7.90. The molecule has 0 fully saturated rings. The lowest BCUT2D eigenvalue weighted by Crippen LogP contribution is -2.30. The SMILES string of the molecule is Cc1ccc(S(=O)(=O)/N=c2\ncccn2CC(N)=O)cc1. The third-order valence-corrected chi connectivity index (χ3v) is 3.92. The minimum Gasteiger partial charge on any atom is -0.368 e. The van der Waals surface area contributed by atoms with Gasteiger partial charge >= 0.3 is 0 Å². The summed E-state index contributed by atoms with van der Waals surface area (Å²) in [6.07, 6.45) is 2.88. The van der Waals surface area contributed by atoms with Crippen LogP contribution in [0.25, 0.3) is 0 Å². The number of hydrogen-bond acceptors (Lipinski definition) is 4. The van der Waals surface area contributed by atoms with Gasteiger partial charge in [0.05, 0.1) is 4.90 Å². The van der Waals surface area contributed by atoms with Gasteiger partial charge in [-0.3, -0.25) is 4.79 Å². The fourth-order valence-corrected chi connectivity index (χ4v) is 2.58. The second-order valence-corrected chi connectivity index (χ2v) is 6.00. The van der Waals surface area contributed by atoms with Crippen molar-refractivity contribution in [2.24, 2.45) is 10.1 Å². The number of benzene rings is 1. The molecule has 8 heteroatoms. The third kappa shape index (κ3) is 3.76. The molecule has 0 aliphatic carbocycles. The molecule has 7 nitrogen and oxygen atoms in total. The fraction of sp³-hybridized carbons (Fsp3) is 0.154. The van der Waals surface area contributed by atoms with Crippen LogP contribution in [-0.4, -0.2) is 23.9 Å². The predicted molar refractivity (Wildman–Crippen MR) is 75.3 cm³/mol. The lowest BCUT2D eigenvalue weighted by atomic mass is 10.2. The van der Waals surface area contributed by atoms with E-state index in [1.54, 1.807) is 18.2 Å². The molecule has 2 rings (SSSR count). The number of carbonyl (C=O) groups is 1. The zero-order valence-electron chi connectivity index (χ0n) is 11.3. The molecule has 0 unspecified atom stereocenters. The molecule has 21 heavy (non-hydrogen) atoms. The minimum atomic E-state index is -3.90. The zero-order chi connectivity index (χ0) is 15.5. The number of aromatic nitrogens is 2. The normalized spacial score (nSPS) is 12.3. The topological polar surface area (TPSA) is 107 Å². The molecular formula is C13H14N4O3S. The van der Waals surface area contributed by atoms with Crippen molar-refractivity contribution in [3.05, 3.63) is 53.9 Å². The Kier molecular flexibility index (Phi) is 4.18. The Morgan fingerprint density at radius 3 is 2.62 bits per heavy atom. The molecule has 0 atom stereocenters. The van der Waals surface area contributed by atoms with Crippen molar-refractivity contribution in [1.29, 1.82) is 0 Å². The molecule has 110 valence electrons. The predicted octanol–water partition coefficient (Wildman–Crippen LogP) is -0.0336. The van der Waals surface area contributed by atoms with Gasteiger partial charge in [0.1, 0.15) is 6.54 Å². The first-order valence-corrected chi connectivity index (χ1v) is 7.50. The molecule has 1 heterocycles. The number of amides is 1. The van der Waals surface area contributed by atoms with Gasteiger partial charge in [-0.15, -0.1) is 4.40 Å². The molecule has 0 spiro atoms. The minimum absolute atomic E-state index is 0.0596. The lowest BCUT2D eigenvalue weighted by Gasteiger charge is -2.04. The van der Waals surface area contributed by atoms with E-state index in [0.717, 1.165) is 5.56 Å². The number of aryl methyl sites for hydroxylation is 1. The molecule has 0 radical (unpaired) electrons. The van der Waals surface area contributed by atoms with Crippen LogP contribution in [0.4, 0.5) is 0 Å². The molecule has 0 saturated carbocycles.